The summed E-state index contributed by atoms with van der Waals surface area (Å²) in [6.07, 6.45) is 0. The second kappa shape index (κ2) is 11.6. The van der Waals surface area contributed by atoms with Crippen LogP contribution in [0.3, 0.4) is 0 Å². The van der Waals surface area contributed by atoms with E-state index in [9.17, 15) is 0 Å². The maximum atomic E-state index is 4.98. The average Bonchev–Trinajstić information content (AvgIpc) is 3.74. The molecule has 0 aliphatic carbocycles. The molecule has 5 heteroatoms. The van der Waals surface area contributed by atoms with Gasteiger partial charge < -0.3 is 4.57 Å². The zero-order valence-electron chi connectivity index (χ0n) is 26.9. The lowest BCUT2D eigenvalue weighted by Crippen LogP contribution is -2.00. The molecular weight excluding hydrogens is 629 g/mol. The van der Waals surface area contributed by atoms with Crippen LogP contribution in [0.2, 0.25) is 0 Å². The number of para-hydroxylation sites is 1. The van der Waals surface area contributed by atoms with Crippen molar-refractivity contribution in [3.05, 3.63) is 170 Å². The summed E-state index contributed by atoms with van der Waals surface area (Å²) in [5.74, 6) is 1.95. The van der Waals surface area contributed by atoms with E-state index in [1.807, 2.05) is 72.0 Å². The number of nitrogens with zero attached hydrogens (tertiary/aromatic N) is 4. The average molecular weight is 657 g/mol. The van der Waals surface area contributed by atoms with Gasteiger partial charge in [-0.25, -0.2) is 15.0 Å². The lowest BCUT2D eigenvalue weighted by Gasteiger charge is -2.12. The van der Waals surface area contributed by atoms with E-state index in [0.29, 0.717) is 17.5 Å². The molecule has 10 aromatic rings. The number of rotatable bonds is 5. The molecule has 0 radical (unpaired) electrons. The number of benzene rings is 7. The second-order valence-electron chi connectivity index (χ2n) is 12.5. The van der Waals surface area contributed by atoms with Gasteiger partial charge in [0.2, 0.25) is 0 Å². The Morgan fingerprint density at radius 3 is 1.68 bits per heavy atom. The lowest BCUT2D eigenvalue weighted by atomic mass is 10.0. The molecule has 0 atom stereocenters. The number of hydrogen-bond donors (Lipinski definition) is 0. The Labute approximate surface area is 292 Å². The summed E-state index contributed by atoms with van der Waals surface area (Å²) in [7, 11) is 0. The summed E-state index contributed by atoms with van der Waals surface area (Å²) in [5, 5.41) is 5.13. The molecule has 0 saturated heterocycles. The van der Waals surface area contributed by atoms with Crippen LogP contribution < -0.4 is 0 Å². The first kappa shape index (κ1) is 28.6. The summed E-state index contributed by atoms with van der Waals surface area (Å²) in [5.41, 5.74) is 8.64. The lowest BCUT2D eigenvalue weighted by molar-refractivity contribution is 1.07. The summed E-state index contributed by atoms with van der Waals surface area (Å²) < 4.78 is 5.05. The Morgan fingerprint density at radius 2 is 0.940 bits per heavy atom. The van der Waals surface area contributed by atoms with Crippen molar-refractivity contribution < 1.29 is 0 Å². The Bertz CT molecular complexity index is 2810. The van der Waals surface area contributed by atoms with E-state index < -0.39 is 0 Å². The van der Waals surface area contributed by atoms with Crippen molar-refractivity contribution in [2.24, 2.45) is 0 Å². The van der Waals surface area contributed by atoms with Crippen LogP contribution in [0, 0.1) is 0 Å². The van der Waals surface area contributed by atoms with Crippen LogP contribution in [0.1, 0.15) is 0 Å². The van der Waals surface area contributed by atoms with Gasteiger partial charge in [0.15, 0.2) is 17.5 Å². The molecule has 0 bridgehead atoms. The molecule has 0 N–H and O–H groups in total. The summed E-state index contributed by atoms with van der Waals surface area (Å²) in [4.78, 5) is 14.9. The zero-order valence-corrected chi connectivity index (χ0v) is 27.7. The molecule has 0 fully saturated rings. The molecule has 0 unspecified atom stereocenters. The van der Waals surface area contributed by atoms with E-state index in [0.717, 1.165) is 33.5 Å². The topological polar surface area (TPSA) is 43.6 Å². The molecule has 7 aromatic carbocycles. The third kappa shape index (κ3) is 4.71. The summed E-state index contributed by atoms with van der Waals surface area (Å²) >= 11 is 1.86. The molecule has 0 spiro atoms. The normalized spacial score (nSPS) is 11.6. The Balaban J connectivity index is 1.14. The fourth-order valence-corrected chi connectivity index (χ4v) is 8.24. The van der Waals surface area contributed by atoms with Gasteiger partial charge in [0.05, 0.1) is 11.0 Å². The van der Waals surface area contributed by atoms with Gasteiger partial charge in [-0.1, -0.05) is 133 Å². The number of fused-ring (bicyclic) bond motifs is 7. The van der Waals surface area contributed by atoms with Crippen LogP contribution in [-0.2, 0) is 0 Å². The fraction of sp³-hybridized carbons (Fsp3) is 0. The first-order valence-electron chi connectivity index (χ1n) is 16.7. The highest BCUT2D eigenvalue weighted by molar-refractivity contribution is 7.26. The highest BCUT2D eigenvalue weighted by Gasteiger charge is 2.18. The van der Waals surface area contributed by atoms with Crippen LogP contribution in [0.25, 0.3) is 93.0 Å². The molecule has 10 rings (SSSR count). The van der Waals surface area contributed by atoms with E-state index in [1.165, 1.54) is 42.0 Å². The first-order valence-corrected chi connectivity index (χ1v) is 17.5. The molecule has 0 aliphatic heterocycles. The van der Waals surface area contributed by atoms with E-state index in [4.69, 9.17) is 15.0 Å². The smallest absolute Gasteiger partial charge is 0.164 e. The maximum Gasteiger partial charge on any atom is 0.164 e. The Hall–Kier alpha value is -6.43. The highest BCUT2D eigenvalue weighted by atomic mass is 32.1. The van der Waals surface area contributed by atoms with Gasteiger partial charge in [-0.15, -0.1) is 11.3 Å². The molecular formula is C45H28N4S. The van der Waals surface area contributed by atoms with E-state index in [1.54, 1.807) is 0 Å². The minimum atomic E-state index is 0.643. The van der Waals surface area contributed by atoms with Crippen LogP contribution in [0.15, 0.2) is 170 Å². The molecule has 50 heavy (non-hydrogen) atoms. The van der Waals surface area contributed by atoms with Crippen molar-refractivity contribution in [1.82, 2.24) is 19.5 Å². The molecule has 0 amide bonds. The molecule has 4 nitrogen and oxygen atoms in total. The van der Waals surface area contributed by atoms with Gasteiger partial charge in [0, 0.05) is 53.3 Å². The monoisotopic (exact) mass is 656 g/mol. The van der Waals surface area contributed by atoms with E-state index in [-0.39, 0.29) is 0 Å². The van der Waals surface area contributed by atoms with Gasteiger partial charge in [0.25, 0.3) is 0 Å². The van der Waals surface area contributed by atoms with Crippen molar-refractivity contribution in [2.45, 2.75) is 0 Å². The summed E-state index contributed by atoms with van der Waals surface area (Å²) in [6.45, 7) is 0. The van der Waals surface area contributed by atoms with Gasteiger partial charge >= 0.3 is 0 Å². The van der Waals surface area contributed by atoms with E-state index >= 15 is 0 Å². The Morgan fingerprint density at radius 1 is 0.380 bits per heavy atom. The number of thiophene rings is 1. The molecule has 3 heterocycles. The van der Waals surface area contributed by atoms with Crippen molar-refractivity contribution >= 4 is 53.3 Å². The van der Waals surface area contributed by atoms with Crippen LogP contribution in [0.5, 0.6) is 0 Å². The third-order valence-electron chi connectivity index (χ3n) is 9.43. The van der Waals surface area contributed by atoms with Crippen LogP contribution in [0.4, 0.5) is 0 Å². The predicted octanol–water partition coefficient (Wildman–Crippen LogP) is 12.0. The van der Waals surface area contributed by atoms with Gasteiger partial charge in [-0.05, 0) is 47.5 Å². The Kier molecular flexibility index (Phi) is 6.64. The fourth-order valence-electron chi connectivity index (χ4n) is 7.13. The molecule has 0 aliphatic rings. The van der Waals surface area contributed by atoms with E-state index in [2.05, 4.69) is 114 Å². The standard InChI is InChI=1S/C45H28N4S/c1-3-13-29(14-4-1)43-46-44(30-15-5-2-6-16-30)48-45(47-43)33-19-11-17-31(27-33)32-18-12-20-34(28-32)49-38-23-9-7-21-35(38)36-25-26-40-41(42(36)49)37-22-8-10-24-39(37)50-40/h1-28H. The van der Waals surface area contributed by atoms with Crippen LogP contribution in [-0.4, -0.2) is 19.5 Å². The SMILES string of the molecule is c1ccc(-c2nc(-c3ccccc3)nc(-c3cccc(-c4cccc(-n5c6ccccc6c6ccc7sc8ccccc8c7c65)c4)c3)n2)cc1. The second-order valence-corrected chi connectivity index (χ2v) is 13.5. The molecule has 3 aromatic heterocycles. The van der Waals surface area contributed by atoms with Crippen LogP contribution >= 0.6 is 11.3 Å². The maximum absolute atomic E-state index is 4.98. The zero-order chi connectivity index (χ0) is 33.0. The third-order valence-corrected chi connectivity index (χ3v) is 10.6. The summed E-state index contributed by atoms with van der Waals surface area (Å²) in [6, 6.07) is 59.7. The first-order chi connectivity index (χ1) is 24.8. The van der Waals surface area contributed by atoms with Gasteiger partial charge in [0.1, 0.15) is 0 Å². The molecule has 234 valence electrons. The van der Waals surface area contributed by atoms with Gasteiger partial charge in [-0.3, -0.25) is 0 Å². The molecule has 0 saturated carbocycles. The van der Waals surface area contributed by atoms with Crippen molar-refractivity contribution in [3.8, 4) is 51.0 Å². The minimum Gasteiger partial charge on any atom is -0.309 e. The number of aromatic nitrogens is 4. The largest absolute Gasteiger partial charge is 0.309 e. The van der Waals surface area contributed by atoms with Gasteiger partial charge in [-0.2, -0.15) is 0 Å². The van der Waals surface area contributed by atoms with Crippen molar-refractivity contribution in [2.75, 3.05) is 0 Å². The van der Waals surface area contributed by atoms with Crippen molar-refractivity contribution in [1.29, 1.82) is 0 Å². The number of hydrogen-bond acceptors (Lipinski definition) is 4. The van der Waals surface area contributed by atoms with Crippen molar-refractivity contribution in [3.63, 3.8) is 0 Å². The minimum absolute atomic E-state index is 0.643. The quantitative estimate of drug-likeness (QED) is 0.185. The highest BCUT2D eigenvalue weighted by Crippen LogP contribution is 2.43. The predicted molar refractivity (Wildman–Crippen MR) is 209 cm³/mol.